The van der Waals surface area contributed by atoms with Gasteiger partial charge in [0.2, 0.25) is 0 Å². The number of rotatable bonds is 9. The first kappa shape index (κ1) is 21.1. The molecule has 2 amide bonds. The molecular formula is C19H23N3O6. The molecule has 28 heavy (non-hydrogen) atoms. The fourth-order valence-corrected chi connectivity index (χ4v) is 2.76. The zero-order chi connectivity index (χ0) is 20.4. The first-order valence-corrected chi connectivity index (χ1v) is 9.08. The number of nitrogens with one attached hydrogen (secondary N) is 2. The van der Waals surface area contributed by atoms with E-state index in [1.54, 1.807) is 0 Å². The number of allylic oxidation sites excluding steroid dienone is 1. The smallest absolute Gasteiger partial charge is 0.325 e. The maximum atomic E-state index is 11.9. The molecule has 1 aliphatic rings. The number of carbonyl (C=O) groups is 3. The van der Waals surface area contributed by atoms with Gasteiger partial charge in [0, 0.05) is 24.2 Å². The van der Waals surface area contributed by atoms with Crippen LogP contribution < -0.4 is 10.6 Å². The van der Waals surface area contributed by atoms with E-state index in [-0.39, 0.29) is 11.3 Å². The third-order valence-corrected chi connectivity index (χ3v) is 4.23. The fourth-order valence-electron chi connectivity index (χ4n) is 2.76. The van der Waals surface area contributed by atoms with Crippen molar-refractivity contribution >= 4 is 23.5 Å². The summed E-state index contributed by atoms with van der Waals surface area (Å²) in [7, 11) is 0. The summed E-state index contributed by atoms with van der Waals surface area (Å²) < 4.78 is 4.81. The van der Waals surface area contributed by atoms with Crippen LogP contribution in [0, 0.1) is 10.1 Å². The van der Waals surface area contributed by atoms with Crippen molar-refractivity contribution in [1.82, 2.24) is 10.6 Å². The number of amides is 2. The van der Waals surface area contributed by atoms with E-state index in [2.05, 4.69) is 16.7 Å². The molecule has 1 aromatic carbocycles. The molecule has 0 bridgehead atoms. The van der Waals surface area contributed by atoms with E-state index in [1.807, 2.05) is 0 Å². The largest absolute Gasteiger partial charge is 0.454 e. The predicted molar refractivity (Wildman–Crippen MR) is 101 cm³/mol. The molecule has 0 aromatic heterocycles. The van der Waals surface area contributed by atoms with Crippen LogP contribution in [0.3, 0.4) is 0 Å². The zero-order valence-electron chi connectivity index (χ0n) is 15.4. The van der Waals surface area contributed by atoms with E-state index in [0.717, 1.165) is 25.3 Å². The molecule has 0 saturated carbocycles. The van der Waals surface area contributed by atoms with E-state index in [0.29, 0.717) is 6.54 Å². The van der Waals surface area contributed by atoms with E-state index in [1.165, 1.54) is 36.6 Å². The van der Waals surface area contributed by atoms with Gasteiger partial charge >= 0.3 is 5.97 Å². The SMILES string of the molecule is O=C(COC(=O)CNC(=O)c1cccc([N+](=O)[O-])c1)NCCC1=CCCCC1. The first-order valence-electron chi connectivity index (χ1n) is 9.08. The first-order chi connectivity index (χ1) is 13.5. The molecule has 0 spiro atoms. The summed E-state index contributed by atoms with van der Waals surface area (Å²) in [6.07, 6.45) is 7.54. The number of hydrogen-bond donors (Lipinski definition) is 2. The quantitative estimate of drug-likeness (QED) is 0.287. The highest BCUT2D eigenvalue weighted by molar-refractivity contribution is 5.96. The Morgan fingerprint density at radius 2 is 2.00 bits per heavy atom. The molecule has 1 aliphatic carbocycles. The number of esters is 1. The Kier molecular flexibility index (Phi) is 8.13. The molecule has 0 atom stereocenters. The lowest BCUT2D eigenvalue weighted by Gasteiger charge is -2.13. The van der Waals surface area contributed by atoms with E-state index in [9.17, 15) is 24.5 Å². The number of nitro groups is 1. The summed E-state index contributed by atoms with van der Waals surface area (Å²) >= 11 is 0. The lowest BCUT2D eigenvalue weighted by atomic mass is 9.97. The second-order valence-electron chi connectivity index (χ2n) is 6.36. The molecule has 0 aliphatic heterocycles. The monoisotopic (exact) mass is 389 g/mol. The number of benzene rings is 1. The maximum absolute atomic E-state index is 11.9. The van der Waals surface area contributed by atoms with Gasteiger partial charge in [-0.05, 0) is 38.2 Å². The summed E-state index contributed by atoms with van der Waals surface area (Å²) in [4.78, 5) is 45.4. The standard InChI is InChI=1S/C19H23N3O6/c23-17(20-10-9-14-5-2-1-3-6-14)13-28-18(24)12-21-19(25)15-7-4-8-16(11-15)22(26)27/h4-5,7-8,11H,1-3,6,9-10,12-13H2,(H,20,23)(H,21,25). The lowest BCUT2D eigenvalue weighted by molar-refractivity contribution is -0.384. The highest BCUT2D eigenvalue weighted by Gasteiger charge is 2.14. The van der Waals surface area contributed by atoms with Crippen LogP contribution in [0.4, 0.5) is 5.69 Å². The minimum Gasteiger partial charge on any atom is -0.454 e. The third kappa shape index (κ3) is 7.18. The number of hydrogen-bond acceptors (Lipinski definition) is 6. The minimum atomic E-state index is -0.774. The Labute approximate surface area is 162 Å². The van der Waals surface area contributed by atoms with Crippen LogP contribution in [0.2, 0.25) is 0 Å². The Bertz CT molecular complexity index is 775. The fraction of sp³-hybridized carbons (Fsp3) is 0.421. The molecule has 2 N–H and O–H groups in total. The van der Waals surface area contributed by atoms with Crippen molar-refractivity contribution in [2.45, 2.75) is 32.1 Å². The van der Waals surface area contributed by atoms with Gasteiger partial charge in [0.15, 0.2) is 6.61 Å². The second kappa shape index (κ2) is 10.8. The number of nitro benzene ring substituents is 1. The number of ether oxygens (including phenoxy) is 1. The van der Waals surface area contributed by atoms with Gasteiger partial charge in [0.1, 0.15) is 6.54 Å². The molecule has 0 fully saturated rings. The van der Waals surface area contributed by atoms with Crippen molar-refractivity contribution in [3.05, 3.63) is 51.6 Å². The molecule has 0 radical (unpaired) electrons. The molecule has 0 unspecified atom stereocenters. The topological polar surface area (TPSA) is 128 Å². The Balaban J connectivity index is 1.64. The van der Waals surface area contributed by atoms with Crippen molar-refractivity contribution in [1.29, 1.82) is 0 Å². The Hall–Kier alpha value is -3.23. The Morgan fingerprint density at radius 3 is 2.71 bits per heavy atom. The summed E-state index contributed by atoms with van der Waals surface area (Å²) in [6, 6.07) is 5.13. The van der Waals surface area contributed by atoms with Gasteiger partial charge in [-0.3, -0.25) is 24.5 Å². The molecule has 9 nitrogen and oxygen atoms in total. The van der Waals surface area contributed by atoms with Crippen molar-refractivity contribution in [2.24, 2.45) is 0 Å². The number of non-ortho nitro benzene ring substituents is 1. The average molecular weight is 389 g/mol. The molecule has 2 rings (SSSR count). The highest BCUT2D eigenvalue weighted by Crippen LogP contribution is 2.19. The van der Waals surface area contributed by atoms with Crippen LogP contribution in [0.5, 0.6) is 0 Å². The van der Waals surface area contributed by atoms with Crippen LogP contribution >= 0.6 is 0 Å². The van der Waals surface area contributed by atoms with Crippen LogP contribution in [-0.2, 0) is 14.3 Å². The van der Waals surface area contributed by atoms with Crippen molar-refractivity contribution < 1.29 is 24.0 Å². The van der Waals surface area contributed by atoms with Gasteiger partial charge in [-0.25, -0.2) is 0 Å². The molecule has 0 heterocycles. The van der Waals surface area contributed by atoms with Crippen LogP contribution in [0.15, 0.2) is 35.9 Å². The molecule has 1 aromatic rings. The van der Waals surface area contributed by atoms with E-state index < -0.39 is 35.9 Å². The molecule has 9 heteroatoms. The van der Waals surface area contributed by atoms with Gasteiger partial charge in [-0.1, -0.05) is 17.7 Å². The van der Waals surface area contributed by atoms with Crippen LogP contribution in [0.1, 0.15) is 42.5 Å². The van der Waals surface area contributed by atoms with Crippen LogP contribution in [0.25, 0.3) is 0 Å². The van der Waals surface area contributed by atoms with Gasteiger partial charge < -0.3 is 15.4 Å². The minimum absolute atomic E-state index is 0.0526. The van der Waals surface area contributed by atoms with Gasteiger partial charge in [-0.2, -0.15) is 0 Å². The average Bonchev–Trinajstić information content (AvgIpc) is 2.71. The predicted octanol–water partition coefficient (Wildman–Crippen LogP) is 1.87. The molecule has 0 saturated heterocycles. The summed E-state index contributed by atoms with van der Waals surface area (Å²) in [5.41, 5.74) is 1.17. The van der Waals surface area contributed by atoms with Gasteiger partial charge in [-0.15, -0.1) is 0 Å². The van der Waals surface area contributed by atoms with Crippen molar-refractivity contribution in [2.75, 3.05) is 19.7 Å². The maximum Gasteiger partial charge on any atom is 0.325 e. The van der Waals surface area contributed by atoms with Crippen molar-refractivity contribution in [3.8, 4) is 0 Å². The normalized spacial score (nSPS) is 13.2. The molecular weight excluding hydrogens is 366 g/mol. The summed E-state index contributed by atoms with van der Waals surface area (Å²) in [5, 5.41) is 15.7. The molecule has 150 valence electrons. The van der Waals surface area contributed by atoms with E-state index >= 15 is 0 Å². The highest BCUT2D eigenvalue weighted by atomic mass is 16.6. The lowest BCUT2D eigenvalue weighted by Crippen LogP contribution is -2.34. The summed E-state index contributed by atoms with van der Waals surface area (Å²) in [6.45, 7) is -0.377. The zero-order valence-corrected chi connectivity index (χ0v) is 15.4. The van der Waals surface area contributed by atoms with Gasteiger partial charge in [0.25, 0.3) is 17.5 Å². The Morgan fingerprint density at radius 1 is 1.18 bits per heavy atom. The third-order valence-electron chi connectivity index (χ3n) is 4.23. The number of carbonyl (C=O) groups excluding carboxylic acids is 3. The van der Waals surface area contributed by atoms with E-state index in [4.69, 9.17) is 4.74 Å². The van der Waals surface area contributed by atoms with Crippen LogP contribution in [-0.4, -0.2) is 42.4 Å². The van der Waals surface area contributed by atoms with Crippen molar-refractivity contribution in [3.63, 3.8) is 0 Å². The van der Waals surface area contributed by atoms with Gasteiger partial charge in [0.05, 0.1) is 4.92 Å². The summed E-state index contributed by atoms with van der Waals surface area (Å²) in [5.74, 6) is -1.83. The second-order valence-corrected chi connectivity index (χ2v) is 6.36. The number of nitrogens with zero attached hydrogens (tertiary/aromatic N) is 1.